The lowest BCUT2D eigenvalue weighted by Crippen LogP contribution is -2.20. The van der Waals surface area contributed by atoms with Crippen molar-refractivity contribution in [2.45, 2.75) is 6.54 Å². The van der Waals surface area contributed by atoms with Crippen LogP contribution >= 0.6 is 15.9 Å². The Labute approximate surface area is 113 Å². The molecule has 0 saturated carbocycles. The maximum atomic E-state index is 10.6. The zero-order valence-electron chi connectivity index (χ0n) is 9.76. The summed E-state index contributed by atoms with van der Waals surface area (Å²) >= 11 is 3.30. The zero-order valence-corrected chi connectivity index (χ0v) is 11.4. The molecule has 0 heterocycles. The van der Waals surface area contributed by atoms with Gasteiger partial charge in [-0.1, -0.05) is 15.9 Å². The van der Waals surface area contributed by atoms with Gasteiger partial charge in [0.25, 0.3) is 5.69 Å². The number of nitro groups is 1. The van der Waals surface area contributed by atoms with Crippen LogP contribution in [0.2, 0.25) is 0 Å². The van der Waals surface area contributed by atoms with Gasteiger partial charge in [0.15, 0.2) is 0 Å². The predicted molar refractivity (Wildman–Crippen MR) is 70.4 cm³/mol. The summed E-state index contributed by atoms with van der Waals surface area (Å²) in [5.74, 6) is 0. The summed E-state index contributed by atoms with van der Waals surface area (Å²) < 4.78 is 5.80. The fourth-order valence-corrected chi connectivity index (χ4v) is 1.83. The van der Waals surface area contributed by atoms with Crippen LogP contribution in [-0.2, 0) is 11.3 Å². The molecular weight excluding hydrogens is 304 g/mol. The van der Waals surface area contributed by atoms with Gasteiger partial charge in [-0.25, -0.2) is 0 Å². The molecule has 1 aromatic rings. The van der Waals surface area contributed by atoms with Crippen molar-refractivity contribution in [1.82, 2.24) is 5.32 Å². The average molecular weight is 319 g/mol. The van der Waals surface area contributed by atoms with E-state index in [0.29, 0.717) is 30.8 Å². The largest absolute Gasteiger partial charge is 0.394 e. The third kappa shape index (κ3) is 5.09. The Morgan fingerprint density at radius 2 is 2.22 bits per heavy atom. The number of nitro benzene ring substituents is 1. The highest BCUT2D eigenvalue weighted by atomic mass is 79.9. The van der Waals surface area contributed by atoms with Crippen LogP contribution in [0.15, 0.2) is 22.7 Å². The average Bonchev–Trinajstić information content (AvgIpc) is 2.35. The zero-order chi connectivity index (χ0) is 13.4. The van der Waals surface area contributed by atoms with Gasteiger partial charge >= 0.3 is 0 Å². The van der Waals surface area contributed by atoms with Crippen LogP contribution in [0.25, 0.3) is 0 Å². The highest BCUT2D eigenvalue weighted by Gasteiger charge is 2.08. The minimum Gasteiger partial charge on any atom is -0.394 e. The Kier molecular flexibility index (Phi) is 6.81. The first-order chi connectivity index (χ1) is 8.65. The Morgan fingerprint density at radius 3 is 2.83 bits per heavy atom. The number of aliphatic hydroxyl groups excluding tert-OH is 1. The topological polar surface area (TPSA) is 84.6 Å². The monoisotopic (exact) mass is 318 g/mol. The van der Waals surface area contributed by atoms with Crippen LogP contribution in [-0.4, -0.2) is 36.4 Å². The van der Waals surface area contributed by atoms with Crippen molar-refractivity contribution in [2.24, 2.45) is 0 Å². The number of hydrogen-bond acceptors (Lipinski definition) is 5. The molecule has 6 nitrogen and oxygen atoms in total. The predicted octanol–water partition coefficient (Wildman–Crippen LogP) is 1.46. The quantitative estimate of drug-likeness (QED) is 0.430. The molecule has 7 heteroatoms. The molecule has 0 radical (unpaired) electrons. The smallest absolute Gasteiger partial charge is 0.270 e. The van der Waals surface area contributed by atoms with Gasteiger partial charge in [-0.2, -0.15) is 0 Å². The highest BCUT2D eigenvalue weighted by molar-refractivity contribution is 9.10. The number of nitrogens with zero attached hydrogens (tertiary/aromatic N) is 1. The number of nitrogens with one attached hydrogen (secondary N) is 1. The first-order valence-corrected chi connectivity index (χ1v) is 6.26. The van der Waals surface area contributed by atoms with Gasteiger partial charge in [0.05, 0.1) is 24.7 Å². The standard InChI is InChI=1S/C11H15BrN2O4/c12-11-7-10(14(16)17)2-1-9(11)8-13-3-5-18-6-4-15/h1-2,7,13,15H,3-6,8H2. The Balaban J connectivity index is 2.36. The summed E-state index contributed by atoms with van der Waals surface area (Å²) in [6, 6.07) is 4.67. The van der Waals surface area contributed by atoms with Gasteiger partial charge in [0.2, 0.25) is 0 Å². The van der Waals surface area contributed by atoms with E-state index in [1.807, 2.05) is 0 Å². The molecule has 0 atom stereocenters. The van der Waals surface area contributed by atoms with Crippen molar-refractivity contribution in [3.63, 3.8) is 0 Å². The fraction of sp³-hybridized carbons (Fsp3) is 0.455. The summed E-state index contributed by atoms with van der Waals surface area (Å²) in [7, 11) is 0. The minimum absolute atomic E-state index is 0.0217. The first kappa shape index (κ1) is 15.0. The maximum Gasteiger partial charge on any atom is 0.270 e. The number of ether oxygens (including phenoxy) is 1. The molecule has 1 aromatic carbocycles. The molecule has 100 valence electrons. The second-order valence-corrected chi connectivity index (χ2v) is 4.40. The van der Waals surface area contributed by atoms with E-state index in [0.717, 1.165) is 5.56 Å². The van der Waals surface area contributed by atoms with E-state index in [1.165, 1.54) is 12.1 Å². The van der Waals surface area contributed by atoms with Gasteiger partial charge in [0, 0.05) is 29.7 Å². The number of rotatable bonds is 8. The third-order valence-corrected chi connectivity index (χ3v) is 2.96. The summed E-state index contributed by atoms with van der Waals surface area (Å²) in [5.41, 5.74) is 1.01. The van der Waals surface area contributed by atoms with Gasteiger partial charge in [0.1, 0.15) is 0 Å². The summed E-state index contributed by atoms with van der Waals surface area (Å²) in [6.45, 7) is 2.13. The third-order valence-electron chi connectivity index (χ3n) is 2.22. The van der Waals surface area contributed by atoms with E-state index in [1.54, 1.807) is 6.07 Å². The van der Waals surface area contributed by atoms with E-state index in [4.69, 9.17) is 9.84 Å². The Morgan fingerprint density at radius 1 is 1.44 bits per heavy atom. The van der Waals surface area contributed by atoms with Gasteiger partial charge in [-0.3, -0.25) is 10.1 Å². The van der Waals surface area contributed by atoms with Crippen molar-refractivity contribution in [1.29, 1.82) is 0 Å². The molecule has 2 N–H and O–H groups in total. The normalized spacial score (nSPS) is 10.6. The summed E-state index contributed by atoms with van der Waals surface area (Å²) in [6.07, 6.45) is 0. The number of non-ortho nitro benzene ring substituents is 1. The molecule has 1 rings (SSSR count). The van der Waals surface area contributed by atoms with E-state index in [9.17, 15) is 10.1 Å². The molecule has 0 spiro atoms. The Hall–Kier alpha value is -1.02. The number of hydrogen-bond donors (Lipinski definition) is 2. The molecule has 0 amide bonds. The molecule has 0 bridgehead atoms. The second kappa shape index (κ2) is 8.15. The number of aliphatic hydroxyl groups is 1. The second-order valence-electron chi connectivity index (χ2n) is 3.55. The summed E-state index contributed by atoms with van der Waals surface area (Å²) in [4.78, 5) is 10.1. The first-order valence-electron chi connectivity index (χ1n) is 5.47. The SMILES string of the molecule is O=[N+]([O-])c1ccc(CNCCOCCO)c(Br)c1. The fourth-order valence-electron chi connectivity index (χ4n) is 1.33. The lowest BCUT2D eigenvalue weighted by molar-refractivity contribution is -0.384. The van der Waals surface area contributed by atoms with E-state index < -0.39 is 4.92 Å². The van der Waals surface area contributed by atoms with Crippen molar-refractivity contribution >= 4 is 21.6 Å². The van der Waals surface area contributed by atoms with Crippen LogP contribution in [0.3, 0.4) is 0 Å². The van der Waals surface area contributed by atoms with Crippen molar-refractivity contribution in [2.75, 3.05) is 26.4 Å². The van der Waals surface area contributed by atoms with Crippen molar-refractivity contribution in [3.05, 3.63) is 38.3 Å². The van der Waals surface area contributed by atoms with E-state index in [2.05, 4.69) is 21.2 Å². The molecule has 0 aliphatic heterocycles. The van der Waals surface area contributed by atoms with Crippen LogP contribution in [0, 0.1) is 10.1 Å². The van der Waals surface area contributed by atoms with Crippen molar-refractivity contribution in [3.8, 4) is 0 Å². The number of benzene rings is 1. The molecular formula is C11H15BrN2O4. The lowest BCUT2D eigenvalue weighted by atomic mass is 10.2. The van der Waals surface area contributed by atoms with Crippen LogP contribution in [0.5, 0.6) is 0 Å². The van der Waals surface area contributed by atoms with Crippen LogP contribution in [0.4, 0.5) is 5.69 Å². The summed E-state index contributed by atoms with van der Waals surface area (Å²) in [5, 5.41) is 22.2. The maximum absolute atomic E-state index is 10.6. The van der Waals surface area contributed by atoms with Gasteiger partial charge < -0.3 is 15.2 Å². The van der Waals surface area contributed by atoms with E-state index in [-0.39, 0.29) is 12.3 Å². The number of halogens is 1. The highest BCUT2D eigenvalue weighted by Crippen LogP contribution is 2.22. The van der Waals surface area contributed by atoms with Gasteiger partial charge in [-0.15, -0.1) is 0 Å². The molecule has 0 aliphatic rings. The minimum atomic E-state index is -0.426. The molecule has 0 aromatic heterocycles. The van der Waals surface area contributed by atoms with E-state index >= 15 is 0 Å². The molecule has 0 unspecified atom stereocenters. The molecule has 0 fully saturated rings. The lowest BCUT2D eigenvalue weighted by Gasteiger charge is -2.07. The molecule has 0 aliphatic carbocycles. The van der Waals surface area contributed by atoms with Crippen molar-refractivity contribution < 1.29 is 14.8 Å². The molecule has 0 saturated heterocycles. The van der Waals surface area contributed by atoms with Crippen LogP contribution < -0.4 is 5.32 Å². The van der Waals surface area contributed by atoms with Gasteiger partial charge in [-0.05, 0) is 11.6 Å². The molecule has 18 heavy (non-hydrogen) atoms. The van der Waals surface area contributed by atoms with Crippen LogP contribution in [0.1, 0.15) is 5.56 Å². The Bertz CT molecular complexity index is 401.